The normalized spacial score (nSPS) is 22.7. The molecule has 4 heterocycles. The lowest BCUT2D eigenvalue weighted by molar-refractivity contribution is -0.102. The van der Waals surface area contributed by atoms with Crippen molar-refractivity contribution < 1.29 is 28.4 Å². The van der Waals surface area contributed by atoms with Crippen LogP contribution in [0.3, 0.4) is 0 Å². The molecule has 0 unspecified atom stereocenters. The van der Waals surface area contributed by atoms with Crippen LogP contribution in [0.15, 0.2) is 29.1 Å². The number of pyridine rings is 1. The van der Waals surface area contributed by atoms with Crippen molar-refractivity contribution >= 4 is 0 Å². The van der Waals surface area contributed by atoms with Crippen molar-refractivity contribution in [2.75, 3.05) is 52.9 Å². The average Bonchev–Trinajstić information content (AvgIpc) is 2.84. The van der Waals surface area contributed by atoms with Gasteiger partial charge in [0.2, 0.25) is 0 Å². The number of ether oxygens (including phenoxy) is 6. The molecule has 2 saturated heterocycles. The Morgan fingerprint density at radius 2 is 1.69 bits per heavy atom. The third-order valence-electron chi connectivity index (χ3n) is 6.07. The topological polar surface area (TPSA) is 77.4 Å². The van der Waals surface area contributed by atoms with E-state index in [2.05, 4.69) is 10.6 Å². The van der Waals surface area contributed by atoms with Crippen molar-refractivity contribution in [1.29, 1.82) is 0 Å². The Bertz CT molecular complexity index is 1010. The monoisotopic (exact) mass is 443 g/mol. The van der Waals surface area contributed by atoms with E-state index in [0.717, 1.165) is 41.1 Å². The summed E-state index contributed by atoms with van der Waals surface area (Å²) in [6.07, 6.45) is 0.662. The summed E-state index contributed by atoms with van der Waals surface area (Å²) in [6, 6.07) is 7.62. The average molecular weight is 443 g/mol. The van der Waals surface area contributed by atoms with E-state index in [1.165, 1.54) is 0 Å². The highest BCUT2D eigenvalue weighted by molar-refractivity contribution is 5.70. The van der Waals surface area contributed by atoms with Crippen molar-refractivity contribution in [2.24, 2.45) is 0 Å². The summed E-state index contributed by atoms with van der Waals surface area (Å²) >= 11 is 0. The molecule has 3 aliphatic heterocycles. The zero-order valence-electron chi connectivity index (χ0n) is 18.3. The van der Waals surface area contributed by atoms with Gasteiger partial charge in [-0.05, 0) is 37.1 Å². The summed E-state index contributed by atoms with van der Waals surface area (Å²) in [4.78, 5) is 12.7. The predicted octanol–water partition coefficient (Wildman–Crippen LogP) is 1.97. The molecule has 32 heavy (non-hydrogen) atoms. The molecule has 2 aromatic rings. The van der Waals surface area contributed by atoms with Crippen LogP contribution in [0.25, 0.3) is 11.3 Å². The highest BCUT2D eigenvalue weighted by Crippen LogP contribution is 2.35. The third-order valence-corrected chi connectivity index (χ3v) is 6.07. The molecule has 0 saturated carbocycles. The maximum absolute atomic E-state index is 12.7. The first-order valence-electron chi connectivity index (χ1n) is 11.2. The quantitative estimate of drug-likeness (QED) is 0.676. The first-order valence-corrected chi connectivity index (χ1v) is 11.2. The SMILES string of the molecule is Cc1c2n(c(OC[C@@H]3COCCO3)cc1=O)CCc1cc(OC[C@@H]3COCCO3)ccc1-2. The summed E-state index contributed by atoms with van der Waals surface area (Å²) in [5.74, 6) is 1.37. The lowest BCUT2D eigenvalue weighted by atomic mass is 9.94. The number of aromatic nitrogens is 1. The lowest BCUT2D eigenvalue weighted by Gasteiger charge is -2.28. The van der Waals surface area contributed by atoms with Gasteiger partial charge in [0.1, 0.15) is 31.2 Å². The molecule has 0 N–H and O–H groups in total. The summed E-state index contributed by atoms with van der Waals surface area (Å²) in [6.45, 7) is 6.90. The van der Waals surface area contributed by atoms with Crippen molar-refractivity contribution in [3.63, 3.8) is 0 Å². The molecular weight excluding hydrogens is 414 g/mol. The van der Waals surface area contributed by atoms with Crippen LogP contribution in [0.1, 0.15) is 11.1 Å². The molecule has 1 aromatic heterocycles. The Balaban J connectivity index is 1.36. The number of rotatable bonds is 6. The maximum atomic E-state index is 12.7. The van der Waals surface area contributed by atoms with Gasteiger partial charge in [-0.25, -0.2) is 0 Å². The molecule has 0 bridgehead atoms. The van der Waals surface area contributed by atoms with Crippen LogP contribution in [-0.4, -0.2) is 69.6 Å². The second-order valence-electron chi connectivity index (χ2n) is 8.30. The van der Waals surface area contributed by atoms with Crippen LogP contribution < -0.4 is 14.9 Å². The maximum Gasteiger partial charge on any atom is 0.197 e. The van der Waals surface area contributed by atoms with E-state index in [9.17, 15) is 4.79 Å². The second-order valence-corrected chi connectivity index (χ2v) is 8.30. The minimum absolute atomic E-state index is 0.0327. The first kappa shape index (κ1) is 21.5. The van der Waals surface area contributed by atoms with Gasteiger partial charge >= 0.3 is 0 Å². The van der Waals surface area contributed by atoms with Crippen LogP contribution in [0.4, 0.5) is 0 Å². The van der Waals surface area contributed by atoms with Gasteiger partial charge < -0.3 is 33.0 Å². The van der Waals surface area contributed by atoms with Gasteiger partial charge in [0.25, 0.3) is 0 Å². The Morgan fingerprint density at radius 1 is 0.969 bits per heavy atom. The van der Waals surface area contributed by atoms with Crippen LogP contribution in [0, 0.1) is 6.92 Å². The van der Waals surface area contributed by atoms with Crippen LogP contribution in [0.5, 0.6) is 11.6 Å². The van der Waals surface area contributed by atoms with E-state index in [1.807, 2.05) is 19.1 Å². The van der Waals surface area contributed by atoms with Gasteiger partial charge in [0.05, 0.1) is 45.3 Å². The standard InChI is InChI=1S/C24H29NO7/c1-16-22(26)11-23(32-15-20-13-28-7-9-30-20)25-5-4-17-10-18(2-3-21(17)24(16)25)31-14-19-12-27-6-8-29-19/h2-3,10-11,19-20H,4-9,12-15H2,1H3/t19-,20-/m0/s1. The summed E-state index contributed by atoms with van der Waals surface area (Å²) in [5, 5.41) is 0. The van der Waals surface area contributed by atoms with E-state index < -0.39 is 0 Å². The van der Waals surface area contributed by atoms with Gasteiger partial charge in [-0.2, -0.15) is 0 Å². The molecule has 0 amide bonds. The fourth-order valence-electron chi connectivity index (χ4n) is 4.38. The van der Waals surface area contributed by atoms with E-state index in [4.69, 9.17) is 28.4 Å². The van der Waals surface area contributed by atoms with Crippen LogP contribution in [0.2, 0.25) is 0 Å². The van der Waals surface area contributed by atoms with Crippen LogP contribution in [-0.2, 0) is 31.9 Å². The van der Waals surface area contributed by atoms with Gasteiger partial charge in [-0.15, -0.1) is 0 Å². The molecule has 2 atom stereocenters. The Kier molecular flexibility index (Phi) is 6.45. The number of nitrogens with zero attached hydrogens (tertiary/aromatic N) is 1. The van der Waals surface area contributed by atoms with Gasteiger partial charge in [-0.1, -0.05) is 0 Å². The molecule has 2 fully saturated rings. The minimum Gasteiger partial charge on any atom is -0.491 e. The molecule has 172 valence electrons. The molecule has 3 aliphatic rings. The fraction of sp³-hybridized carbons (Fsp3) is 0.542. The van der Waals surface area contributed by atoms with Crippen molar-refractivity contribution in [3.05, 3.63) is 45.6 Å². The van der Waals surface area contributed by atoms with E-state index in [0.29, 0.717) is 58.7 Å². The Labute approximate surface area is 186 Å². The van der Waals surface area contributed by atoms with Crippen LogP contribution >= 0.6 is 0 Å². The molecule has 0 radical (unpaired) electrons. The van der Waals surface area contributed by atoms with E-state index in [1.54, 1.807) is 6.07 Å². The zero-order chi connectivity index (χ0) is 21.9. The van der Waals surface area contributed by atoms with Crippen molar-refractivity contribution in [1.82, 2.24) is 4.57 Å². The molecule has 0 spiro atoms. The second kappa shape index (κ2) is 9.62. The van der Waals surface area contributed by atoms with E-state index >= 15 is 0 Å². The minimum atomic E-state index is -0.120. The van der Waals surface area contributed by atoms with Crippen molar-refractivity contribution in [3.8, 4) is 22.9 Å². The summed E-state index contributed by atoms with van der Waals surface area (Å²) in [5.41, 5.74) is 3.79. The molecule has 8 heteroatoms. The fourth-order valence-corrected chi connectivity index (χ4v) is 4.38. The van der Waals surface area contributed by atoms with Gasteiger partial charge in [-0.3, -0.25) is 4.79 Å². The number of benzene rings is 1. The lowest BCUT2D eigenvalue weighted by Crippen LogP contribution is -2.34. The summed E-state index contributed by atoms with van der Waals surface area (Å²) in [7, 11) is 0. The summed E-state index contributed by atoms with van der Waals surface area (Å²) < 4.78 is 36.3. The van der Waals surface area contributed by atoms with E-state index in [-0.39, 0.29) is 17.6 Å². The molecule has 1 aromatic carbocycles. The number of fused-ring (bicyclic) bond motifs is 3. The molecule has 0 aliphatic carbocycles. The number of aryl methyl sites for hydroxylation is 1. The molecular formula is C24H29NO7. The first-order chi connectivity index (χ1) is 15.7. The zero-order valence-corrected chi connectivity index (χ0v) is 18.3. The largest absolute Gasteiger partial charge is 0.491 e. The number of hydrogen-bond acceptors (Lipinski definition) is 7. The number of hydrogen-bond donors (Lipinski definition) is 0. The highest BCUT2D eigenvalue weighted by atomic mass is 16.6. The molecule has 5 rings (SSSR count). The predicted molar refractivity (Wildman–Crippen MR) is 117 cm³/mol. The Hall–Kier alpha value is -2.39. The van der Waals surface area contributed by atoms with Gasteiger partial charge in [0.15, 0.2) is 11.3 Å². The van der Waals surface area contributed by atoms with Gasteiger partial charge in [0, 0.05) is 23.7 Å². The molecule has 8 nitrogen and oxygen atoms in total. The smallest absolute Gasteiger partial charge is 0.197 e. The Morgan fingerprint density at radius 3 is 2.38 bits per heavy atom. The third kappa shape index (κ3) is 4.54. The highest BCUT2D eigenvalue weighted by Gasteiger charge is 2.24. The van der Waals surface area contributed by atoms with Crippen molar-refractivity contribution in [2.45, 2.75) is 32.1 Å².